The second-order valence-corrected chi connectivity index (χ2v) is 7.17. The maximum absolute atomic E-state index is 13.8. The molecule has 1 aromatic carbocycles. The summed E-state index contributed by atoms with van der Waals surface area (Å²) in [6.45, 7) is 1.47. The molecule has 3 aromatic rings. The molecule has 0 bridgehead atoms. The lowest BCUT2D eigenvalue weighted by Gasteiger charge is -2.29. The summed E-state index contributed by atoms with van der Waals surface area (Å²) in [4.78, 5) is 42.2. The van der Waals surface area contributed by atoms with Gasteiger partial charge in [0.2, 0.25) is 0 Å². The smallest absolute Gasteiger partial charge is 0.382 e. The molecule has 3 rings (SSSR count). The predicted molar refractivity (Wildman–Crippen MR) is 108 cm³/mol. The van der Waals surface area contributed by atoms with E-state index in [4.69, 9.17) is 5.73 Å². The highest BCUT2D eigenvalue weighted by molar-refractivity contribution is 5.88. The first-order valence-corrected chi connectivity index (χ1v) is 9.53. The molecule has 10 nitrogen and oxygen atoms in total. The highest BCUT2D eigenvalue weighted by Crippen LogP contribution is 2.41. The van der Waals surface area contributed by atoms with Crippen LogP contribution in [0.25, 0.3) is 22.5 Å². The van der Waals surface area contributed by atoms with E-state index in [1.54, 1.807) is 0 Å². The Morgan fingerprint density at radius 3 is 2.28 bits per heavy atom. The van der Waals surface area contributed by atoms with Gasteiger partial charge in [-0.3, -0.25) is 4.79 Å². The maximum Gasteiger partial charge on any atom is 0.493 e. The Kier molecular flexibility index (Phi) is 6.83. The number of carbonyl (C=O) groups is 2. The number of amides is 1. The summed E-state index contributed by atoms with van der Waals surface area (Å²) in [6, 6.07) is 2.55. The number of hydrogen-bond acceptors (Lipinski definition) is 9. The van der Waals surface area contributed by atoms with E-state index in [-0.39, 0.29) is 22.8 Å². The molecule has 0 aliphatic rings. The number of rotatable bonds is 4. The number of benzene rings is 1. The fourth-order valence-electron chi connectivity index (χ4n) is 2.93. The topological polar surface area (TPSA) is 153 Å². The third-order valence-corrected chi connectivity index (χ3v) is 4.77. The minimum absolute atomic E-state index is 0.0316. The number of aromatic nitrogens is 4. The first-order chi connectivity index (χ1) is 16.7. The molecule has 1 amide bonds. The van der Waals surface area contributed by atoms with Crippen LogP contribution in [-0.4, -0.2) is 49.3 Å². The van der Waals surface area contributed by atoms with E-state index in [9.17, 15) is 41.0 Å². The maximum atomic E-state index is 13.8. The van der Waals surface area contributed by atoms with Crippen LogP contribution in [0.2, 0.25) is 0 Å². The number of hydrogen-bond donors (Lipinski definition) is 3. The SMILES string of the molecule is Cc1ccc(C(O)(C(=O)NOC(=O)C(F)(F)F)C(F)(F)F)cc1-c1cnc(N)c(-c2cncnc2)n1. The molecule has 0 aliphatic heterocycles. The van der Waals surface area contributed by atoms with Crippen LogP contribution < -0.4 is 11.2 Å². The van der Waals surface area contributed by atoms with Gasteiger partial charge in [0.1, 0.15) is 17.8 Å². The molecule has 2 heterocycles. The van der Waals surface area contributed by atoms with Crippen molar-refractivity contribution < 1.29 is 45.9 Å². The van der Waals surface area contributed by atoms with E-state index in [2.05, 4.69) is 24.8 Å². The number of nitrogens with zero attached hydrogens (tertiary/aromatic N) is 4. The predicted octanol–water partition coefficient (Wildman–Crippen LogP) is 2.38. The van der Waals surface area contributed by atoms with Crippen molar-refractivity contribution in [3.63, 3.8) is 0 Å². The highest BCUT2D eigenvalue weighted by Gasteiger charge is 2.61. The summed E-state index contributed by atoms with van der Waals surface area (Å²) in [5, 5.41) is 10.4. The Labute approximate surface area is 197 Å². The first kappa shape index (κ1) is 26.3. The van der Waals surface area contributed by atoms with Crippen LogP contribution in [0.3, 0.4) is 0 Å². The Bertz CT molecular complexity index is 1300. The van der Waals surface area contributed by atoms with Crippen LogP contribution >= 0.6 is 0 Å². The minimum atomic E-state index is -5.76. The van der Waals surface area contributed by atoms with Gasteiger partial charge in [0, 0.05) is 29.1 Å². The van der Waals surface area contributed by atoms with E-state index in [1.807, 2.05) is 0 Å². The number of aryl methyl sites for hydroxylation is 1. The number of aliphatic hydroxyl groups is 1. The fraction of sp³-hybridized carbons (Fsp3) is 0.200. The standard InChI is InChI=1S/C20H14F6N6O4/c1-9-2-3-11(18(35,20(24,25)26)16(33)32-36-17(34)19(21,22)23)4-12(9)13-7-30-15(27)14(31-13)10-5-28-8-29-6-10/h2-8,35H,1H3,(H2,27,30)(H,32,33). The van der Waals surface area contributed by atoms with Crippen LogP contribution in [-0.2, 0) is 20.0 Å². The normalized spacial score (nSPS) is 13.6. The molecule has 190 valence electrons. The van der Waals surface area contributed by atoms with Crippen LogP contribution in [0.4, 0.5) is 32.2 Å². The summed E-state index contributed by atoms with van der Waals surface area (Å²) in [7, 11) is 0. The van der Waals surface area contributed by atoms with Gasteiger partial charge in [0.05, 0.1) is 11.9 Å². The van der Waals surface area contributed by atoms with Gasteiger partial charge in [0.25, 0.3) is 11.5 Å². The van der Waals surface area contributed by atoms with Gasteiger partial charge in [0.15, 0.2) is 0 Å². The second kappa shape index (κ2) is 9.37. The quantitative estimate of drug-likeness (QED) is 0.350. The van der Waals surface area contributed by atoms with Crippen LogP contribution in [0, 0.1) is 6.92 Å². The van der Waals surface area contributed by atoms with Crippen molar-refractivity contribution in [3.8, 4) is 22.5 Å². The van der Waals surface area contributed by atoms with E-state index in [1.165, 1.54) is 25.6 Å². The van der Waals surface area contributed by atoms with Crippen LogP contribution in [0.1, 0.15) is 11.1 Å². The lowest BCUT2D eigenvalue weighted by Crippen LogP contribution is -2.55. The first-order valence-electron chi connectivity index (χ1n) is 9.53. The average molecular weight is 516 g/mol. The van der Waals surface area contributed by atoms with Gasteiger partial charge < -0.3 is 15.7 Å². The lowest BCUT2D eigenvalue weighted by atomic mass is 9.89. The number of halogens is 6. The van der Waals surface area contributed by atoms with E-state index in [0.717, 1.165) is 18.3 Å². The van der Waals surface area contributed by atoms with E-state index < -0.39 is 35.4 Å². The lowest BCUT2D eigenvalue weighted by molar-refractivity contribution is -0.262. The van der Waals surface area contributed by atoms with E-state index in [0.29, 0.717) is 22.7 Å². The highest BCUT2D eigenvalue weighted by atomic mass is 19.4. The van der Waals surface area contributed by atoms with Gasteiger partial charge in [-0.15, -0.1) is 0 Å². The minimum Gasteiger partial charge on any atom is -0.382 e. The summed E-state index contributed by atoms with van der Waals surface area (Å²) >= 11 is 0. The molecule has 0 aliphatic carbocycles. The molecule has 0 spiro atoms. The molecular formula is C20H14F6N6O4. The Morgan fingerprint density at radius 1 is 1.06 bits per heavy atom. The molecule has 4 N–H and O–H groups in total. The Hall–Kier alpha value is -4.34. The number of nitrogens with one attached hydrogen (secondary N) is 1. The molecule has 0 saturated carbocycles. The third kappa shape index (κ3) is 5.02. The third-order valence-electron chi connectivity index (χ3n) is 4.77. The molecule has 16 heteroatoms. The van der Waals surface area contributed by atoms with Gasteiger partial charge >= 0.3 is 18.3 Å². The number of nitrogens with two attached hydrogens (primary N) is 1. The van der Waals surface area contributed by atoms with Crippen molar-refractivity contribution >= 4 is 17.7 Å². The Balaban J connectivity index is 2.07. The van der Waals surface area contributed by atoms with Crippen molar-refractivity contribution in [2.24, 2.45) is 0 Å². The molecule has 1 atom stereocenters. The monoisotopic (exact) mass is 516 g/mol. The van der Waals surface area contributed by atoms with Crippen LogP contribution in [0.15, 0.2) is 43.1 Å². The van der Waals surface area contributed by atoms with Crippen molar-refractivity contribution in [3.05, 3.63) is 54.2 Å². The molecule has 0 fully saturated rings. The van der Waals surface area contributed by atoms with Gasteiger partial charge in [-0.25, -0.2) is 24.7 Å². The summed E-state index contributed by atoms with van der Waals surface area (Å²) in [5.41, 5.74) is 1.67. The van der Waals surface area contributed by atoms with Gasteiger partial charge in [-0.05, 0) is 18.6 Å². The summed E-state index contributed by atoms with van der Waals surface area (Å²) in [5.74, 6) is -5.55. The number of nitrogen functional groups attached to an aromatic ring is 1. The zero-order valence-corrected chi connectivity index (χ0v) is 17.8. The molecule has 36 heavy (non-hydrogen) atoms. The zero-order valence-electron chi connectivity index (χ0n) is 17.8. The molecular weight excluding hydrogens is 502 g/mol. The summed E-state index contributed by atoms with van der Waals surface area (Å²) < 4.78 is 78.4. The van der Waals surface area contributed by atoms with Crippen molar-refractivity contribution in [1.82, 2.24) is 25.4 Å². The van der Waals surface area contributed by atoms with Crippen molar-refractivity contribution in [2.45, 2.75) is 24.9 Å². The molecule has 0 saturated heterocycles. The van der Waals surface area contributed by atoms with E-state index >= 15 is 0 Å². The van der Waals surface area contributed by atoms with Crippen LogP contribution in [0.5, 0.6) is 0 Å². The number of hydroxylamine groups is 1. The van der Waals surface area contributed by atoms with Crippen molar-refractivity contribution in [1.29, 1.82) is 0 Å². The molecule has 2 aromatic heterocycles. The Morgan fingerprint density at radius 2 is 1.69 bits per heavy atom. The van der Waals surface area contributed by atoms with Gasteiger partial charge in [-0.2, -0.15) is 31.8 Å². The van der Waals surface area contributed by atoms with Crippen molar-refractivity contribution in [2.75, 3.05) is 5.73 Å². The number of anilines is 1. The summed E-state index contributed by atoms with van der Waals surface area (Å²) in [6.07, 6.45) is -6.31. The number of alkyl halides is 6. The largest absolute Gasteiger partial charge is 0.493 e. The zero-order chi connectivity index (χ0) is 26.9. The molecule has 1 unspecified atom stereocenters. The number of carbonyl (C=O) groups excluding carboxylic acids is 2. The molecule has 0 radical (unpaired) electrons. The average Bonchev–Trinajstić information content (AvgIpc) is 2.81. The fourth-order valence-corrected chi connectivity index (χ4v) is 2.93. The second-order valence-electron chi connectivity index (χ2n) is 7.17. The van der Waals surface area contributed by atoms with Gasteiger partial charge in [-0.1, -0.05) is 12.1 Å².